The van der Waals surface area contributed by atoms with E-state index in [4.69, 9.17) is 0 Å². The van der Waals surface area contributed by atoms with Crippen molar-refractivity contribution in [2.45, 2.75) is 108 Å². The molecule has 0 saturated carbocycles. The molecule has 0 aromatic heterocycles. The van der Waals surface area contributed by atoms with Crippen LogP contribution in [0.25, 0.3) is 0 Å². The van der Waals surface area contributed by atoms with Crippen LogP contribution in [0.3, 0.4) is 0 Å². The number of hydrogen-bond acceptors (Lipinski definition) is 0. The zero-order chi connectivity index (χ0) is 29.8. The first-order valence-corrected chi connectivity index (χ1v) is 15.3. The van der Waals surface area contributed by atoms with Crippen LogP contribution in [0.4, 0.5) is 0 Å². The fraction of sp³-hybridized carbons (Fsp3) is 0.450. The second kappa shape index (κ2) is 17.6. The molecule has 0 spiro atoms. The van der Waals surface area contributed by atoms with Gasteiger partial charge in [-0.05, 0) is 102 Å². The maximum atomic E-state index is 2.37. The van der Waals surface area contributed by atoms with E-state index < -0.39 is 0 Å². The van der Waals surface area contributed by atoms with Crippen LogP contribution < -0.4 is 0 Å². The first kappa shape index (κ1) is 36.7. The van der Waals surface area contributed by atoms with Crippen molar-refractivity contribution in [1.29, 1.82) is 0 Å². The van der Waals surface area contributed by atoms with Crippen molar-refractivity contribution in [2.75, 3.05) is 0 Å². The maximum Gasteiger partial charge on any atom is 0 e. The topological polar surface area (TPSA) is 0 Å². The maximum absolute atomic E-state index is 2.37. The van der Waals surface area contributed by atoms with Gasteiger partial charge in [0.2, 0.25) is 0 Å². The van der Waals surface area contributed by atoms with Gasteiger partial charge in [-0.25, -0.2) is 0 Å². The van der Waals surface area contributed by atoms with Gasteiger partial charge in [0, 0.05) is 17.1 Å². The summed E-state index contributed by atoms with van der Waals surface area (Å²) < 4.78 is 0. The first-order valence-electron chi connectivity index (χ1n) is 15.3. The van der Waals surface area contributed by atoms with Gasteiger partial charge in [0.05, 0.1) is 0 Å². The Morgan fingerprint density at radius 3 is 1.17 bits per heavy atom. The Bertz CT molecular complexity index is 1120. The van der Waals surface area contributed by atoms with Crippen molar-refractivity contribution in [3.8, 4) is 0 Å². The van der Waals surface area contributed by atoms with Gasteiger partial charge in [-0.3, -0.25) is 0 Å². The second-order valence-corrected chi connectivity index (χ2v) is 13.3. The summed E-state index contributed by atoms with van der Waals surface area (Å²) in [6.45, 7) is 22.7. The molecule has 0 bridgehead atoms. The Labute approximate surface area is 264 Å². The van der Waals surface area contributed by atoms with Crippen molar-refractivity contribution >= 4 is 17.1 Å². The number of rotatable bonds is 10. The van der Waals surface area contributed by atoms with Gasteiger partial charge in [0.1, 0.15) is 0 Å². The minimum Gasteiger partial charge on any atom is -0.0696 e. The molecule has 0 unspecified atom stereocenters. The molecule has 2 aliphatic rings. The molecule has 222 valence electrons. The summed E-state index contributed by atoms with van der Waals surface area (Å²) in [5.74, 6) is 0. The summed E-state index contributed by atoms with van der Waals surface area (Å²) in [6, 6.07) is 0. The van der Waals surface area contributed by atoms with Crippen LogP contribution in [0.2, 0.25) is 0 Å². The molecule has 41 heavy (non-hydrogen) atoms. The van der Waals surface area contributed by atoms with E-state index in [2.05, 4.69) is 154 Å². The molecule has 0 aromatic rings. The molecule has 0 N–H and O–H groups in total. The minimum absolute atomic E-state index is 0. The van der Waals surface area contributed by atoms with E-state index in [9.17, 15) is 0 Å². The van der Waals surface area contributed by atoms with Crippen LogP contribution in [0.5, 0.6) is 0 Å². The van der Waals surface area contributed by atoms with Crippen LogP contribution in [-0.4, -0.2) is 17.1 Å². The Morgan fingerprint density at radius 1 is 0.512 bits per heavy atom. The third-order valence-electron chi connectivity index (χ3n) is 8.38. The number of hydrogen-bond donors (Lipinski definition) is 0. The quantitative estimate of drug-likeness (QED) is 0.169. The van der Waals surface area contributed by atoms with E-state index in [1.165, 1.54) is 72.0 Å². The minimum atomic E-state index is 0. The Hall–Kier alpha value is -2.34. The predicted molar refractivity (Wildman–Crippen MR) is 187 cm³/mol. The summed E-state index contributed by atoms with van der Waals surface area (Å²) in [6.07, 6.45) is 38.4. The van der Waals surface area contributed by atoms with Crippen LogP contribution in [0.1, 0.15) is 108 Å². The third-order valence-corrected chi connectivity index (χ3v) is 8.38. The molecular formula is C40H56Se. The Morgan fingerprint density at radius 2 is 0.829 bits per heavy atom. The fourth-order valence-corrected chi connectivity index (χ4v) is 5.79. The summed E-state index contributed by atoms with van der Waals surface area (Å²) >= 11 is 0. The molecule has 0 aliphatic heterocycles. The average Bonchev–Trinajstić information content (AvgIpc) is 2.85. The smallest absolute Gasteiger partial charge is 0 e. The molecule has 0 nitrogen and oxygen atoms in total. The van der Waals surface area contributed by atoms with Crippen molar-refractivity contribution in [2.24, 2.45) is 10.8 Å². The van der Waals surface area contributed by atoms with Gasteiger partial charge in [0.25, 0.3) is 0 Å². The first-order chi connectivity index (χ1) is 18.8. The van der Waals surface area contributed by atoms with Gasteiger partial charge in [0.15, 0.2) is 0 Å². The van der Waals surface area contributed by atoms with Crippen molar-refractivity contribution in [3.05, 3.63) is 130 Å². The summed E-state index contributed by atoms with van der Waals surface area (Å²) in [7, 11) is 0. The van der Waals surface area contributed by atoms with E-state index in [-0.39, 0.29) is 17.1 Å². The van der Waals surface area contributed by atoms with E-state index >= 15 is 0 Å². The largest absolute Gasteiger partial charge is 0.0696 e. The Kier molecular flexibility index (Phi) is 15.7. The zero-order valence-electron chi connectivity index (χ0n) is 27.7. The molecule has 2 aliphatic carbocycles. The van der Waals surface area contributed by atoms with Crippen molar-refractivity contribution < 1.29 is 0 Å². The van der Waals surface area contributed by atoms with Crippen LogP contribution in [-0.2, 0) is 0 Å². The van der Waals surface area contributed by atoms with Gasteiger partial charge in [-0.2, -0.15) is 0 Å². The molecule has 2 radical (unpaired) electrons. The van der Waals surface area contributed by atoms with Crippen molar-refractivity contribution in [3.63, 3.8) is 0 Å². The summed E-state index contributed by atoms with van der Waals surface area (Å²) in [4.78, 5) is 0. The third kappa shape index (κ3) is 13.0. The molecule has 0 saturated heterocycles. The van der Waals surface area contributed by atoms with E-state index in [1.807, 2.05) is 0 Å². The molecule has 0 fully saturated rings. The van der Waals surface area contributed by atoms with Crippen LogP contribution in [0.15, 0.2) is 130 Å². The summed E-state index contributed by atoms with van der Waals surface area (Å²) in [5, 5.41) is 0. The van der Waals surface area contributed by atoms with Crippen LogP contribution in [0, 0.1) is 10.8 Å². The molecule has 0 atom stereocenters. The number of allylic oxidation sites excluding steroid dienone is 22. The fourth-order valence-electron chi connectivity index (χ4n) is 5.79. The summed E-state index contributed by atoms with van der Waals surface area (Å²) in [5.41, 5.74) is 11.7. The molecule has 0 aromatic carbocycles. The van der Waals surface area contributed by atoms with E-state index in [1.54, 1.807) is 11.1 Å². The van der Waals surface area contributed by atoms with E-state index in [0.29, 0.717) is 10.8 Å². The van der Waals surface area contributed by atoms with Crippen LogP contribution >= 0.6 is 0 Å². The average molecular weight is 616 g/mol. The molecular weight excluding hydrogens is 559 g/mol. The standard InChI is InChI=1S/C40H56.Se/c1-31(19-13-21-33(3)25-27-37-35(5)23-15-29-39(37,7)8)17-11-12-18-32(2)20-14-22-34(4)26-28-38-36(6)24-16-30-40(38,9)10;/h11-14,17-22,25-28H,15-16,23-24,29-30H2,1-10H3;/b12-11+,19-13+,20-14+,27-25+,28-26+,31-17+,32-18+,33-21+,34-22+;. The molecule has 1 heteroatoms. The molecule has 0 amide bonds. The van der Waals surface area contributed by atoms with Gasteiger partial charge in [-0.1, -0.05) is 146 Å². The van der Waals surface area contributed by atoms with Crippen molar-refractivity contribution in [1.82, 2.24) is 0 Å². The molecule has 2 rings (SSSR count). The van der Waals surface area contributed by atoms with Gasteiger partial charge in [-0.15, -0.1) is 0 Å². The second-order valence-electron chi connectivity index (χ2n) is 13.3. The van der Waals surface area contributed by atoms with Gasteiger partial charge >= 0.3 is 0 Å². The van der Waals surface area contributed by atoms with Gasteiger partial charge < -0.3 is 0 Å². The monoisotopic (exact) mass is 616 g/mol. The molecule has 0 heterocycles. The van der Waals surface area contributed by atoms with E-state index in [0.717, 1.165) is 0 Å². The normalized spacial score (nSPS) is 21.4. The zero-order valence-corrected chi connectivity index (χ0v) is 29.4. The Balaban J connectivity index is 0.00000840. The SMILES string of the molecule is CC1=C(/C=C/C(C)=C/C=C/C(C)=C/C=C/C=C(C)/C=C/C=C(C)/C=C/C2=C(C)CCCC2(C)C)C(C)(C)CCC1.[Se]. The predicted octanol–water partition coefficient (Wildman–Crippen LogP) is 12.2.